The molecule has 0 bridgehead atoms. The van der Waals surface area contributed by atoms with Crippen LogP contribution in [0.1, 0.15) is 19.3 Å². The molecule has 1 aromatic rings. The molecule has 108 valence electrons. The molecule has 1 atom stereocenters. The van der Waals surface area contributed by atoms with Crippen LogP contribution in [0.3, 0.4) is 0 Å². The third-order valence-electron chi connectivity index (χ3n) is 3.54. The Morgan fingerprint density at radius 1 is 1.40 bits per heavy atom. The Morgan fingerprint density at radius 3 is 2.85 bits per heavy atom. The predicted molar refractivity (Wildman–Crippen MR) is 76.4 cm³/mol. The number of anilines is 2. The van der Waals surface area contributed by atoms with Gasteiger partial charge in [0.2, 0.25) is 0 Å². The molecule has 0 saturated carbocycles. The van der Waals surface area contributed by atoms with Crippen LogP contribution in [0.4, 0.5) is 16.2 Å². The number of carboxylic acid groups (broad SMARTS) is 1. The van der Waals surface area contributed by atoms with Crippen LogP contribution in [0.2, 0.25) is 0 Å². The van der Waals surface area contributed by atoms with E-state index in [-0.39, 0.29) is 18.4 Å². The number of nitrogens with zero attached hydrogens (tertiary/aromatic N) is 1. The molecule has 2 amide bonds. The molecule has 1 heterocycles. The molecule has 1 aliphatic heterocycles. The van der Waals surface area contributed by atoms with E-state index in [1.54, 1.807) is 17.0 Å². The third-order valence-corrected chi connectivity index (χ3v) is 3.54. The minimum absolute atomic E-state index is 0.158. The van der Waals surface area contributed by atoms with Gasteiger partial charge < -0.3 is 21.1 Å². The smallest absolute Gasteiger partial charge is 0.321 e. The number of hydrogen-bond acceptors (Lipinski definition) is 3. The highest BCUT2D eigenvalue weighted by molar-refractivity contribution is 5.92. The van der Waals surface area contributed by atoms with Crippen LogP contribution >= 0.6 is 0 Å². The van der Waals surface area contributed by atoms with Gasteiger partial charge in [-0.1, -0.05) is 12.1 Å². The van der Waals surface area contributed by atoms with Gasteiger partial charge in [-0.15, -0.1) is 0 Å². The zero-order valence-electron chi connectivity index (χ0n) is 11.2. The van der Waals surface area contributed by atoms with Gasteiger partial charge in [-0.2, -0.15) is 0 Å². The number of aliphatic carboxylic acids is 1. The first-order valence-corrected chi connectivity index (χ1v) is 6.68. The molecule has 0 spiro atoms. The Hall–Kier alpha value is -2.24. The van der Waals surface area contributed by atoms with E-state index in [1.807, 2.05) is 12.1 Å². The van der Waals surface area contributed by atoms with Gasteiger partial charge in [-0.25, -0.2) is 4.79 Å². The second kappa shape index (κ2) is 6.27. The van der Waals surface area contributed by atoms with Gasteiger partial charge in [0.15, 0.2) is 0 Å². The van der Waals surface area contributed by atoms with E-state index in [0.717, 1.165) is 6.42 Å². The maximum absolute atomic E-state index is 12.1. The molecular formula is C14H19N3O3. The summed E-state index contributed by atoms with van der Waals surface area (Å²) in [5.74, 6) is -0.519. The van der Waals surface area contributed by atoms with Gasteiger partial charge >= 0.3 is 12.0 Å². The molecule has 6 heteroatoms. The molecule has 0 aliphatic carbocycles. The quantitative estimate of drug-likeness (QED) is 0.733. The van der Waals surface area contributed by atoms with E-state index in [0.29, 0.717) is 30.9 Å². The van der Waals surface area contributed by atoms with E-state index >= 15 is 0 Å². The molecule has 1 aliphatic rings. The average Bonchev–Trinajstić information content (AvgIpc) is 2.88. The fraction of sp³-hybridized carbons (Fsp3) is 0.429. The van der Waals surface area contributed by atoms with Crippen LogP contribution in [0.25, 0.3) is 0 Å². The van der Waals surface area contributed by atoms with Crippen molar-refractivity contribution < 1.29 is 14.7 Å². The highest BCUT2D eigenvalue weighted by Crippen LogP contribution is 2.23. The van der Waals surface area contributed by atoms with Crippen molar-refractivity contribution in [2.24, 2.45) is 5.92 Å². The number of urea groups is 1. The summed E-state index contributed by atoms with van der Waals surface area (Å²) in [6.07, 6.45) is 1.63. The molecule has 20 heavy (non-hydrogen) atoms. The number of para-hydroxylation sites is 2. The Bertz CT molecular complexity index is 504. The number of nitrogens with two attached hydrogens (primary N) is 1. The normalized spacial score (nSPS) is 18.0. The fourth-order valence-corrected chi connectivity index (χ4v) is 2.39. The van der Waals surface area contributed by atoms with Crippen LogP contribution in [-0.4, -0.2) is 35.1 Å². The van der Waals surface area contributed by atoms with E-state index in [9.17, 15) is 9.59 Å². The fourth-order valence-electron chi connectivity index (χ4n) is 2.39. The summed E-state index contributed by atoms with van der Waals surface area (Å²) in [7, 11) is 0. The van der Waals surface area contributed by atoms with Crippen LogP contribution < -0.4 is 11.1 Å². The summed E-state index contributed by atoms with van der Waals surface area (Å²) in [6, 6.07) is 6.93. The number of benzene rings is 1. The predicted octanol–water partition coefficient (Wildman–Crippen LogP) is 1.99. The van der Waals surface area contributed by atoms with Gasteiger partial charge in [0.1, 0.15) is 0 Å². The van der Waals surface area contributed by atoms with E-state index in [2.05, 4.69) is 5.32 Å². The van der Waals surface area contributed by atoms with Crippen LogP contribution in [0.15, 0.2) is 24.3 Å². The molecule has 0 aromatic heterocycles. The topological polar surface area (TPSA) is 95.7 Å². The molecular weight excluding hydrogens is 258 g/mol. The molecule has 2 rings (SSSR count). The van der Waals surface area contributed by atoms with Crippen molar-refractivity contribution in [1.29, 1.82) is 0 Å². The van der Waals surface area contributed by atoms with Crippen molar-refractivity contribution in [2.45, 2.75) is 19.3 Å². The van der Waals surface area contributed by atoms with Gasteiger partial charge in [0.05, 0.1) is 11.4 Å². The highest BCUT2D eigenvalue weighted by atomic mass is 16.4. The molecule has 1 unspecified atom stereocenters. The van der Waals surface area contributed by atoms with Crippen molar-refractivity contribution in [3.05, 3.63) is 24.3 Å². The molecule has 1 fully saturated rings. The lowest BCUT2D eigenvalue weighted by atomic mass is 10.0. The SMILES string of the molecule is Nc1ccccc1NC(=O)N1CCC(CCC(=O)O)C1. The minimum Gasteiger partial charge on any atom is -0.481 e. The number of nitrogen functional groups attached to an aromatic ring is 1. The number of nitrogens with one attached hydrogen (secondary N) is 1. The highest BCUT2D eigenvalue weighted by Gasteiger charge is 2.26. The van der Waals surface area contributed by atoms with Gasteiger partial charge in [-0.3, -0.25) is 4.79 Å². The van der Waals surface area contributed by atoms with Crippen molar-refractivity contribution >= 4 is 23.4 Å². The number of hydrogen-bond donors (Lipinski definition) is 3. The lowest BCUT2D eigenvalue weighted by Gasteiger charge is -2.18. The zero-order chi connectivity index (χ0) is 14.5. The van der Waals surface area contributed by atoms with Crippen molar-refractivity contribution in [3.63, 3.8) is 0 Å². The summed E-state index contributed by atoms with van der Waals surface area (Å²) in [4.78, 5) is 24.3. The minimum atomic E-state index is -0.787. The van der Waals surface area contributed by atoms with Crippen molar-refractivity contribution in [1.82, 2.24) is 4.90 Å². The van der Waals surface area contributed by atoms with E-state index < -0.39 is 5.97 Å². The molecule has 4 N–H and O–H groups in total. The number of carbonyl (C=O) groups excluding carboxylic acids is 1. The average molecular weight is 277 g/mol. The lowest BCUT2D eigenvalue weighted by Crippen LogP contribution is -2.33. The summed E-state index contributed by atoms with van der Waals surface area (Å²) in [5.41, 5.74) is 6.91. The lowest BCUT2D eigenvalue weighted by molar-refractivity contribution is -0.137. The second-order valence-corrected chi connectivity index (χ2v) is 5.05. The van der Waals surface area contributed by atoms with E-state index in [4.69, 9.17) is 10.8 Å². The number of likely N-dealkylation sites (tertiary alicyclic amines) is 1. The second-order valence-electron chi connectivity index (χ2n) is 5.05. The Labute approximate surface area is 117 Å². The summed E-state index contributed by atoms with van der Waals surface area (Å²) < 4.78 is 0. The van der Waals surface area contributed by atoms with Gasteiger partial charge in [-0.05, 0) is 30.9 Å². The van der Waals surface area contributed by atoms with Crippen molar-refractivity contribution in [2.75, 3.05) is 24.1 Å². The van der Waals surface area contributed by atoms with Gasteiger partial charge in [0.25, 0.3) is 0 Å². The molecule has 1 aromatic carbocycles. The molecule has 6 nitrogen and oxygen atoms in total. The Kier molecular flexibility index (Phi) is 4.45. The third kappa shape index (κ3) is 3.63. The summed E-state index contributed by atoms with van der Waals surface area (Å²) in [5, 5.41) is 11.5. The largest absolute Gasteiger partial charge is 0.481 e. The first-order chi connectivity index (χ1) is 9.56. The maximum Gasteiger partial charge on any atom is 0.321 e. The number of carboxylic acids is 1. The van der Waals surface area contributed by atoms with Crippen LogP contribution in [0, 0.1) is 5.92 Å². The van der Waals surface area contributed by atoms with Crippen LogP contribution in [0.5, 0.6) is 0 Å². The standard InChI is InChI=1S/C14H19N3O3/c15-11-3-1-2-4-12(11)16-14(20)17-8-7-10(9-17)5-6-13(18)19/h1-4,10H,5-9,15H2,(H,16,20)(H,18,19). The summed E-state index contributed by atoms with van der Waals surface area (Å²) in [6.45, 7) is 1.26. The maximum atomic E-state index is 12.1. The Morgan fingerprint density at radius 2 is 2.15 bits per heavy atom. The molecule has 0 radical (unpaired) electrons. The van der Waals surface area contributed by atoms with E-state index in [1.165, 1.54) is 0 Å². The van der Waals surface area contributed by atoms with Crippen LogP contribution in [-0.2, 0) is 4.79 Å². The number of rotatable bonds is 4. The Balaban J connectivity index is 1.85. The number of carbonyl (C=O) groups is 2. The zero-order valence-corrected chi connectivity index (χ0v) is 11.2. The first kappa shape index (κ1) is 14.2. The monoisotopic (exact) mass is 277 g/mol. The summed E-state index contributed by atoms with van der Waals surface area (Å²) >= 11 is 0. The molecule has 1 saturated heterocycles. The first-order valence-electron chi connectivity index (χ1n) is 6.68. The van der Waals surface area contributed by atoms with Crippen molar-refractivity contribution in [3.8, 4) is 0 Å². The number of amides is 2. The van der Waals surface area contributed by atoms with Gasteiger partial charge in [0, 0.05) is 19.5 Å².